The van der Waals surface area contributed by atoms with Gasteiger partial charge in [-0.3, -0.25) is 24.4 Å². The molecule has 0 radical (unpaired) electrons. The van der Waals surface area contributed by atoms with Gasteiger partial charge in [0.1, 0.15) is 11.8 Å². The van der Waals surface area contributed by atoms with Gasteiger partial charge < -0.3 is 24.5 Å². The molecule has 0 aromatic heterocycles. The molecular weight excluding hydrogens is 819 g/mol. The van der Waals surface area contributed by atoms with Crippen LogP contribution in [-0.2, 0) is 32.6 Å². The highest BCUT2D eigenvalue weighted by Crippen LogP contribution is 2.35. The third-order valence-electron chi connectivity index (χ3n) is 12.5. The number of fused-ring (bicyclic) bond motifs is 2. The number of anilines is 1. The number of amides is 3. The van der Waals surface area contributed by atoms with Crippen LogP contribution in [0.25, 0.3) is 21.9 Å². The largest absolute Gasteiger partial charge is 0.494 e. The number of piperazine rings is 1. The number of imide groups is 1. The summed E-state index contributed by atoms with van der Waals surface area (Å²) in [4.78, 5) is 55.9. The van der Waals surface area contributed by atoms with Gasteiger partial charge in [0.25, 0.3) is 15.9 Å². The van der Waals surface area contributed by atoms with Crippen LogP contribution in [0, 0.1) is 6.92 Å². The Bertz CT molecular complexity index is 2640. The van der Waals surface area contributed by atoms with Gasteiger partial charge in [0.15, 0.2) is 0 Å². The molecule has 3 amide bonds. The highest BCUT2D eigenvalue weighted by Gasteiger charge is 2.39. The predicted octanol–water partition coefficient (Wildman–Crippen LogP) is 6.87. The SMILES string of the molecule is Cc1ccc(-c2ccc(C(=O)O)c(NS(=O)(=O)c3ccc(OCCCN4CCN(CCCCCc5cccc6c5CN(C5CCC(=O)NC5=O)C6=O)CC4)cc3)c2)c2ccccc12. The van der Waals surface area contributed by atoms with Crippen LogP contribution in [0.15, 0.2) is 102 Å². The van der Waals surface area contributed by atoms with Crippen LogP contribution in [0.2, 0.25) is 0 Å². The number of carboxylic acid groups (broad SMARTS) is 1. The Hall–Kier alpha value is -6.09. The number of sulfonamides is 1. The van der Waals surface area contributed by atoms with Crippen molar-refractivity contribution in [1.82, 2.24) is 20.0 Å². The molecule has 3 aliphatic rings. The molecule has 1 atom stereocenters. The highest BCUT2D eigenvalue weighted by molar-refractivity contribution is 7.92. The average molecular weight is 872 g/mol. The Labute approximate surface area is 368 Å². The van der Waals surface area contributed by atoms with E-state index in [0.29, 0.717) is 36.4 Å². The standard InChI is InChI=1S/C49H53N5O8S/c1-33-14-20-39(40-12-5-4-11-38(33)40)35-15-21-42(49(58)59)44(31-35)51-63(60,61)37-18-16-36(17-19-37)62-30-8-25-53-28-26-52(27-29-53)24-6-2-3-9-34-10-7-13-41-43(34)32-54(48(41)57)45-22-23-46(55)50-47(45)56/h4-5,7,10-21,31,45,51H,2-3,6,8-9,22-30,32H2,1H3,(H,58,59)(H,50,55,56). The smallest absolute Gasteiger partial charge is 0.337 e. The molecule has 63 heavy (non-hydrogen) atoms. The van der Waals surface area contributed by atoms with Crippen LogP contribution >= 0.6 is 0 Å². The van der Waals surface area contributed by atoms with Gasteiger partial charge in [-0.05, 0) is 127 Å². The number of unbranched alkanes of at least 4 members (excludes halogenated alkanes) is 2. The lowest BCUT2D eigenvalue weighted by Crippen LogP contribution is -2.52. The van der Waals surface area contributed by atoms with Gasteiger partial charge in [0.2, 0.25) is 11.8 Å². The Balaban J connectivity index is 0.745. The van der Waals surface area contributed by atoms with E-state index in [9.17, 15) is 32.7 Å². The summed E-state index contributed by atoms with van der Waals surface area (Å²) in [6, 6.07) is 28.0. The van der Waals surface area contributed by atoms with Gasteiger partial charge in [-0.1, -0.05) is 61.0 Å². The minimum Gasteiger partial charge on any atom is -0.494 e. The molecule has 2 saturated heterocycles. The Morgan fingerprint density at radius 2 is 1.54 bits per heavy atom. The zero-order valence-corrected chi connectivity index (χ0v) is 36.3. The Kier molecular flexibility index (Phi) is 13.2. The maximum absolute atomic E-state index is 13.5. The summed E-state index contributed by atoms with van der Waals surface area (Å²) < 4.78 is 35.5. The molecule has 0 saturated carbocycles. The van der Waals surface area contributed by atoms with E-state index in [-0.39, 0.29) is 40.3 Å². The number of rotatable bonds is 17. The van der Waals surface area contributed by atoms with E-state index in [4.69, 9.17) is 4.74 Å². The topological polar surface area (TPSA) is 166 Å². The summed E-state index contributed by atoms with van der Waals surface area (Å²) >= 11 is 0. The summed E-state index contributed by atoms with van der Waals surface area (Å²) in [5.41, 5.74) is 5.34. The van der Waals surface area contributed by atoms with Crippen LogP contribution in [0.1, 0.15) is 75.9 Å². The molecular formula is C49H53N5O8S. The molecule has 328 valence electrons. The summed E-state index contributed by atoms with van der Waals surface area (Å²) in [5, 5.41) is 14.3. The molecule has 5 aromatic carbocycles. The molecule has 2 fully saturated rings. The van der Waals surface area contributed by atoms with E-state index in [1.165, 1.54) is 18.2 Å². The van der Waals surface area contributed by atoms with E-state index in [0.717, 1.165) is 104 Å². The normalized spacial score (nSPS) is 17.2. The molecule has 5 aromatic rings. The van der Waals surface area contributed by atoms with E-state index in [1.807, 2.05) is 55.5 Å². The van der Waals surface area contributed by atoms with E-state index >= 15 is 0 Å². The van der Waals surface area contributed by atoms with E-state index in [1.54, 1.807) is 29.2 Å². The fraction of sp³-hybridized carbons (Fsp3) is 0.347. The fourth-order valence-electron chi connectivity index (χ4n) is 9.03. The van der Waals surface area contributed by atoms with Gasteiger partial charge in [0, 0.05) is 51.3 Å². The molecule has 3 heterocycles. The lowest BCUT2D eigenvalue weighted by Gasteiger charge is -2.34. The molecule has 3 N–H and O–H groups in total. The molecule has 13 nitrogen and oxygen atoms in total. The van der Waals surface area contributed by atoms with Gasteiger partial charge >= 0.3 is 5.97 Å². The number of hydrogen-bond acceptors (Lipinski definition) is 9. The van der Waals surface area contributed by atoms with Crippen LogP contribution in [0.5, 0.6) is 5.75 Å². The maximum Gasteiger partial charge on any atom is 0.337 e. The van der Waals surface area contributed by atoms with Crippen molar-refractivity contribution < 1.29 is 37.4 Å². The van der Waals surface area contributed by atoms with Gasteiger partial charge in [0.05, 0.1) is 22.8 Å². The van der Waals surface area contributed by atoms with Crippen LogP contribution in [-0.4, -0.2) is 104 Å². The number of hydrogen-bond donors (Lipinski definition) is 3. The third-order valence-corrected chi connectivity index (χ3v) is 13.9. The van der Waals surface area contributed by atoms with Crippen LogP contribution < -0.4 is 14.8 Å². The van der Waals surface area contributed by atoms with Crippen molar-refractivity contribution in [1.29, 1.82) is 0 Å². The molecule has 8 rings (SSSR count). The van der Waals surface area contributed by atoms with Gasteiger partial charge in [-0.25, -0.2) is 13.2 Å². The monoisotopic (exact) mass is 871 g/mol. The van der Waals surface area contributed by atoms with E-state index < -0.39 is 22.0 Å². The Morgan fingerprint density at radius 1 is 0.810 bits per heavy atom. The number of benzene rings is 5. The molecule has 0 aliphatic carbocycles. The van der Waals surface area contributed by atoms with Gasteiger partial charge in [-0.15, -0.1) is 0 Å². The second kappa shape index (κ2) is 19.1. The number of piperidine rings is 1. The number of aromatic carboxylic acids is 1. The summed E-state index contributed by atoms with van der Waals surface area (Å²) in [7, 11) is -4.12. The van der Waals surface area contributed by atoms with Crippen molar-refractivity contribution in [2.24, 2.45) is 0 Å². The quantitative estimate of drug-likeness (QED) is 0.0663. The number of aryl methyl sites for hydroxylation is 2. The number of carbonyl (C=O) groups excluding carboxylic acids is 3. The molecule has 14 heteroatoms. The van der Waals surface area contributed by atoms with Crippen molar-refractivity contribution in [2.45, 2.75) is 69.4 Å². The second-order valence-electron chi connectivity index (χ2n) is 16.7. The first kappa shape index (κ1) is 43.6. The maximum atomic E-state index is 13.5. The predicted molar refractivity (Wildman–Crippen MR) is 241 cm³/mol. The zero-order valence-electron chi connectivity index (χ0n) is 35.5. The number of carboxylic acids is 1. The van der Waals surface area contributed by atoms with Crippen molar-refractivity contribution in [2.75, 3.05) is 50.6 Å². The third kappa shape index (κ3) is 9.93. The second-order valence-corrected chi connectivity index (χ2v) is 18.3. The van der Waals surface area contributed by atoms with Gasteiger partial charge in [-0.2, -0.15) is 0 Å². The highest BCUT2D eigenvalue weighted by atomic mass is 32.2. The molecule has 3 aliphatic heterocycles. The summed E-state index contributed by atoms with van der Waals surface area (Å²) in [6.07, 6.45) is 5.52. The minimum absolute atomic E-state index is 0.00705. The molecule has 1 unspecified atom stereocenters. The van der Waals surface area contributed by atoms with Crippen LogP contribution in [0.3, 0.4) is 0 Å². The average Bonchev–Trinajstić information content (AvgIpc) is 3.61. The Morgan fingerprint density at radius 3 is 2.27 bits per heavy atom. The summed E-state index contributed by atoms with van der Waals surface area (Å²) in [6.45, 7) is 8.87. The zero-order chi connectivity index (χ0) is 44.1. The van der Waals surface area contributed by atoms with Crippen molar-refractivity contribution in [3.63, 3.8) is 0 Å². The molecule has 0 bridgehead atoms. The first-order valence-electron chi connectivity index (χ1n) is 21.8. The number of ether oxygens (including phenoxy) is 1. The lowest BCUT2D eigenvalue weighted by molar-refractivity contribution is -0.136. The number of nitrogens with one attached hydrogen (secondary N) is 2. The van der Waals surface area contributed by atoms with Crippen molar-refractivity contribution in [3.8, 4) is 16.9 Å². The minimum atomic E-state index is -4.12. The van der Waals surface area contributed by atoms with Crippen molar-refractivity contribution >= 4 is 50.2 Å². The van der Waals surface area contributed by atoms with Crippen LogP contribution in [0.4, 0.5) is 5.69 Å². The lowest BCUT2D eigenvalue weighted by atomic mass is 9.94. The first-order valence-corrected chi connectivity index (χ1v) is 23.3. The fourth-order valence-corrected chi connectivity index (χ4v) is 10.1. The number of carbonyl (C=O) groups is 4. The molecule has 0 spiro atoms. The summed E-state index contributed by atoms with van der Waals surface area (Å²) in [5.74, 6) is -1.48. The number of nitrogens with zero attached hydrogens (tertiary/aromatic N) is 3. The van der Waals surface area contributed by atoms with E-state index in [2.05, 4.69) is 25.9 Å². The van der Waals surface area contributed by atoms with Crippen molar-refractivity contribution in [3.05, 3.63) is 125 Å². The first-order chi connectivity index (χ1) is 30.4.